The Bertz CT molecular complexity index is 992. The van der Waals surface area contributed by atoms with Gasteiger partial charge in [-0.15, -0.1) is 21.5 Å². The van der Waals surface area contributed by atoms with Crippen molar-refractivity contribution in [2.45, 2.75) is 56.7 Å². The van der Waals surface area contributed by atoms with E-state index in [0.29, 0.717) is 6.54 Å². The summed E-state index contributed by atoms with van der Waals surface area (Å²) in [5, 5.41) is 11.5. The van der Waals surface area contributed by atoms with Crippen LogP contribution in [0.1, 0.15) is 41.3 Å². The van der Waals surface area contributed by atoms with Crippen molar-refractivity contribution in [3.05, 3.63) is 52.4 Å². The fraction of sp³-hybridized carbons (Fsp3) is 0.409. The molecule has 3 heterocycles. The van der Waals surface area contributed by atoms with Gasteiger partial charge in [0.25, 0.3) is 0 Å². The molecule has 5 nitrogen and oxygen atoms in total. The average Bonchev–Trinajstić information content (AvgIpc) is 3.46. The maximum Gasteiger partial charge on any atom is 0.192 e. The number of thioether (sulfide) groups is 1. The van der Waals surface area contributed by atoms with Crippen molar-refractivity contribution in [2.24, 2.45) is 0 Å². The summed E-state index contributed by atoms with van der Waals surface area (Å²) in [6.45, 7) is 7.47. The van der Waals surface area contributed by atoms with E-state index in [-0.39, 0.29) is 17.1 Å². The van der Waals surface area contributed by atoms with Crippen molar-refractivity contribution < 1.29 is 9.53 Å². The monoisotopic (exact) mass is 427 g/mol. The second kappa shape index (κ2) is 8.81. The van der Waals surface area contributed by atoms with Crippen LogP contribution in [0.15, 0.2) is 40.9 Å². The van der Waals surface area contributed by atoms with Crippen LogP contribution in [0.4, 0.5) is 0 Å². The van der Waals surface area contributed by atoms with Gasteiger partial charge in [0.05, 0.1) is 22.8 Å². The van der Waals surface area contributed by atoms with Gasteiger partial charge >= 0.3 is 0 Å². The molecule has 0 unspecified atom stereocenters. The Morgan fingerprint density at radius 3 is 2.93 bits per heavy atom. The quantitative estimate of drug-likeness (QED) is 0.385. The van der Waals surface area contributed by atoms with E-state index in [1.165, 1.54) is 11.8 Å². The van der Waals surface area contributed by atoms with E-state index in [1.54, 1.807) is 11.3 Å². The summed E-state index contributed by atoms with van der Waals surface area (Å²) in [5.41, 5.74) is 2.89. The Morgan fingerprint density at radius 2 is 2.21 bits per heavy atom. The maximum atomic E-state index is 13.1. The third-order valence-corrected chi connectivity index (χ3v) is 7.12. The van der Waals surface area contributed by atoms with Crippen LogP contribution in [0.3, 0.4) is 0 Å². The molecule has 0 bridgehead atoms. The van der Waals surface area contributed by atoms with E-state index in [1.807, 2.05) is 50.4 Å². The van der Waals surface area contributed by atoms with Gasteiger partial charge in [0.15, 0.2) is 16.8 Å². The van der Waals surface area contributed by atoms with Gasteiger partial charge in [-0.25, -0.2) is 0 Å². The maximum absolute atomic E-state index is 13.1. The molecule has 3 aromatic rings. The van der Waals surface area contributed by atoms with Crippen LogP contribution in [0.2, 0.25) is 0 Å². The first-order valence-corrected chi connectivity index (χ1v) is 11.7. The third-order valence-electron chi connectivity index (χ3n) is 5.18. The summed E-state index contributed by atoms with van der Waals surface area (Å²) in [6, 6.07) is 10.1. The second-order valence-corrected chi connectivity index (χ2v) is 9.73. The van der Waals surface area contributed by atoms with Gasteiger partial charge in [0.2, 0.25) is 0 Å². The first kappa shape index (κ1) is 20.3. The van der Waals surface area contributed by atoms with Crippen LogP contribution in [-0.4, -0.2) is 38.5 Å². The average molecular weight is 428 g/mol. The Labute approximate surface area is 179 Å². The van der Waals surface area contributed by atoms with Crippen molar-refractivity contribution in [3.8, 4) is 10.7 Å². The highest BCUT2D eigenvalue weighted by Crippen LogP contribution is 2.32. The molecule has 2 atom stereocenters. The summed E-state index contributed by atoms with van der Waals surface area (Å²) < 4.78 is 7.98. The van der Waals surface area contributed by atoms with Gasteiger partial charge in [0.1, 0.15) is 0 Å². The Hall–Kier alpha value is -1.96. The lowest BCUT2D eigenvalue weighted by molar-refractivity contribution is 0.0953. The van der Waals surface area contributed by atoms with Crippen LogP contribution in [0, 0.1) is 13.8 Å². The molecule has 1 saturated heterocycles. The topological polar surface area (TPSA) is 57.0 Å². The number of Topliss-reactive ketones (excluding diaryl/α,β-unsaturated/α-hetero) is 1. The lowest BCUT2D eigenvalue weighted by Gasteiger charge is -2.16. The predicted molar refractivity (Wildman–Crippen MR) is 118 cm³/mol. The number of ether oxygens (including phenoxy) is 1. The number of hydrogen-bond donors (Lipinski definition) is 0. The highest BCUT2D eigenvalue weighted by molar-refractivity contribution is 8.00. The molecule has 1 aliphatic rings. The molecule has 1 fully saturated rings. The first-order valence-electron chi connectivity index (χ1n) is 9.89. The van der Waals surface area contributed by atoms with Gasteiger partial charge < -0.3 is 4.74 Å². The Kier molecular flexibility index (Phi) is 6.18. The zero-order chi connectivity index (χ0) is 20.4. The number of thiophene rings is 1. The zero-order valence-corrected chi connectivity index (χ0v) is 18.6. The standard InChI is InChI=1S/C22H25N3O2S2/c1-14-8-9-15(2)18(12-14)20(26)16(3)29-22-24-23-21(19-7-5-11-28-19)25(22)13-17-6-4-10-27-17/h5,7-9,11-12,16-17H,4,6,10,13H2,1-3H3/t16-,17-/m1/s1. The summed E-state index contributed by atoms with van der Waals surface area (Å²) in [6.07, 6.45) is 2.31. The number of benzene rings is 1. The van der Waals surface area contributed by atoms with E-state index in [9.17, 15) is 4.79 Å². The van der Waals surface area contributed by atoms with E-state index in [0.717, 1.165) is 52.0 Å². The summed E-state index contributed by atoms with van der Waals surface area (Å²) in [7, 11) is 0. The molecule has 0 saturated carbocycles. The lowest BCUT2D eigenvalue weighted by atomic mass is 10.0. The van der Waals surface area contributed by atoms with Crippen molar-refractivity contribution in [3.63, 3.8) is 0 Å². The molecule has 0 radical (unpaired) electrons. The van der Waals surface area contributed by atoms with Crippen molar-refractivity contribution in [1.29, 1.82) is 0 Å². The smallest absolute Gasteiger partial charge is 0.192 e. The fourth-order valence-corrected chi connectivity index (χ4v) is 5.20. The second-order valence-electron chi connectivity index (χ2n) is 7.47. The van der Waals surface area contributed by atoms with E-state index < -0.39 is 0 Å². The molecule has 7 heteroatoms. The van der Waals surface area contributed by atoms with E-state index in [2.05, 4.69) is 20.8 Å². The predicted octanol–water partition coefficient (Wildman–Crippen LogP) is 5.17. The van der Waals surface area contributed by atoms with Crippen LogP contribution in [0.25, 0.3) is 10.7 Å². The Morgan fingerprint density at radius 1 is 1.34 bits per heavy atom. The van der Waals surface area contributed by atoms with Crippen LogP contribution >= 0.6 is 23.1 Å². The molecule has 0 amide bonds. The number of hydrogen-bond acceptors (Lipinski definition) is 6. The van der Waals surface area contributed by atoms with Gasteiger partial charge in [-0.2, -0.15) is 0 Å². The van der Waals surface area contributed by atoms with Crippen LogP contribution in [-0.2, 0) is 11.3 Å². The molecule has 2 aromatic heterocycles. The number of aromatic nitrogens is 3. The molecule has 0 N–H and O–H groups in total. The molecular weight excluding hydrogens is 402 g/mol. The molecule has 29 heavy (non-hydrogen) atoms. The Balaban J connectivity index is 1.60. The zero-order valence-electron chi connectivity index (χ0n) is 16.9. The van der Waals surface area contributed by atoms with Gasteiger partial charge in [0, 0.05) is 12.2 Å². The minimum atomic E-state index is -0.251. The van der Waals surface area contributed by atoms with Gasteiger partial charge in [-0.05, 0) is 56.7 Å². The number of aryl methyl sites for hydroxylation is 2. The van der Waals surface area contributed by atoms with E-state index >= 15 is 0 Å². The molecule has 0 aliphatic carbocycles. The molecular formula is C22H25N3O2S2. The van der Waals surface area contributed by atoms with Crippen LogP contribution in [0.5, 0.6) is 0 Å². The molecule has 0 spiro atoms. The molecule has 1 aliphatic heterocycles. The minimum Gasteiger partial charge on any atom is -0.376 e. The van der Waals surface area contributed by atoms with Crippen LogP contribution < -0.4 is 0 Å². The summed E-state index contributed by atoms with van der Waals surface area (Å²) >= 11 is 3.12. The minimum absolute atomic E-state index is 0.125. The number of nitrogens with zero attached hydrogens (tertiary/aromatic N) is 3. The largest absolute Gasteiger partial charge is 0.376 e. The molecule has 1 aromatic carbocycles. The first-order chi connectivity index (χ1) is 14.0. The summed E-state index contributed by atoms with van der Waals surface area (Å²) in [5.74, 6) is 0.977. The number of rotatable bonds is 7. The number of ketones is 1. The summed E-state index contributed by atoms with van der Waals surface area (Å²) in [4.78, 5) is 14.2. The van der Waals surface area contributed by atoms with E-state index in [4.69, 9.17) is 4.74 Å². The fourth-order valence-electron chi connectivity index (χ4n) is 3.55. The normalized spacial score (nSPS) is 17.6. The molecule has 4 rings (SSSR count). The highest BCUT2D eigenvalue weighted by atomic mass is 32.2. The SMILES string of the molecule is Cc1ccc(C)c(C(=O)[C@@H](C)Sc2nnc(-c3cccs3)n2C[C@H]2CCCO2)c1. The molecule has 152 valence electrons. The van der Waals surface area contributed by atoms with Crippen molar-refractivity contribution >= 4 is 28.9 Å². The lowest BCUT2D eigenvalue weighted by Crippen LogP contribution is -2.19. The van der Waals surface area contributed by atoms with Crippen molar-refractivity contribution in [1.82, 2.24) is 14.8 Å². The van der Waals surface area contributed by atoms with Gasteiger partial charge in [-0.3, -0.25) is 9.36 Å². The third kappa shape index (κ3) is 4.47. The number of carbonyl (C=O) groups excluding carboxylic acids is 1. The number of carbonyl (C=O) groups is 1. The highest BCUT2D eigenvalue weighted by Gasteiger charge is 2.25. The van der Waals surface area contributed by atoms with Crippen molar-refractivity contribution in [2.75, 3.05) is 6.61 Å². The van der Waals surface area contributed by atoms with Gasteiger partial charge in [-0.1, -0.05) is 35.5 Å².